The topological polar surface area (TPSA) is 59.1 Å². The molecule has 0 saturated carbocycles. The van der Waals surface area contributed by atoms with Crippen LogP contribution in [0.3, 0.4) is 0 Å². The zero-order valence-electron chi connectivity index (χ0n) is 10.7. The van der Waals surface area contributed by atoms with Gasteiger partial charge in [-0.1, -0.05) is 18.5 Å². The third-order valence-electron chi connectivity index (χ3n) is 3.15. The molecule has 1 aliphatic rings. The molecule has 0 amide bonds. The summed E-state index contributed by atoms with van der Waals surface area (Å²) in [6.45, 7) is 2.99. The fourth-order valence-corrected chi connectivity index (χ4v) is 2.34. The van der Waals surface area contributed by atoms with E-state index in [1.807, 2.05) is 0 Å². The first-order valence-corrected chi connectivity index (χ1v) is 6.70. The van der Waals surface area contributed by atoms with Crippen molar-refractivity contribution in [1.29, 1.82) is 0 Å². The molecule has 2 N–H and O–H groups in total. The zero-order chi connectivity index (χ0) is 13.0. The Kier molecular flexibility index (Phi) is 4.60. The summed E-state index contributed by atoms with van der Waals surface area (Å²) in [6.07, 6.45) is 5.06. The SMILES string of the molecule is CCC(Nc1ncc(Cl)c(NC)n1)C1CCCO1. The van der Waals surface area contributed by atoms with E-state index in [4.69, 9.17) is 16.3 Å². The minimum Gasteiger partial charge on any atom is -0.376 e. The Labute approximate surface area is 112 Å². The number of hydrogen-bond donors (Lipinski definition) is 2. The largest absolute Gasteiger partial charge is 0.376 e. The summed E-state index contributed by atoms with van der Waals surface area (Å²) in [5.41, 5.74) is 0. The average molecular weight is 271 g/mol. The Morgan fingerprint density at radius 1 is 1.61 bits per heavy atom. The van der Waals surface area contributed by atoms with Gasteiger partial charge in [0.25, 0.3) is 0 Å². The number of nitrogens with one attached hydrogen (secondary N) is 2. The van der Waals surface area contributed by atoms with Crippen molar-refractivity contribution in [1.82, 2.24) is 9.97 Å². The zero-order valence-corrected chi connectivity index (χ0v) is 11.5. The summed E-state index contributed by atoms with van der Waals surface area (Å²) in [6, 6.07) is 0.249. The highest BCUT2D eigenvalue weighted by atomic mass is 35.5. The Morgan fingerprint density at radius 2 is 2.44 bits per heavy atom. The lowest BCUT2D eigenvalue weighted by molar-refractivity contribution is 0.0941. The Morgan fingerprint density at radius 3 is 3.06 bits per heavy atom. The maximum atomic E-state index is 5.95. The van der Waals surface area contributed by atoms with Gasteiger partial charge in [0.05, 0.1) is 18.3 Å². The van der Waals surface area contributed by atoms with Crippen molar-refractivity contribution in [3.8, 4) is 0 Å². The number of rotatable bonds is 5. The van der Waals surface area contributed by atoms with Gasteiger partial charge in [-0.25, -0.2) is 4.98 Å². The molecule has 0 radical (unpaired) electrons. The molecule has 2 atom stereocenters. The molecule has 100 valence electrons. The first-order valence-electron chi connectivity index (χ1n) is 6.33. The highest BCUT2D eigenvalue weighted by molar-refractivity contribution is 6.32. The van der Waals surface area contributed by atoms with Crippen LogP contribution in [0, 0.1) is 0 Å². The van der Waals surface area contributed by atoms with E-state index in [1.165, 1.54) is 0 Å². The van der Waals surface area contributed by atoms with Crippen molar-refractivity contribution in [3.63, 3.8) is 0 Å². The van der Waals surface area contributed by atoms with Crippen LogP contribution < -0.4 is 10.6 Å². The second kappa shape index (κ2) is 6.20. The van der Waals surface area contributed by atoms with Crippen LogP contribution in [0.4, 0.5) is 11.8 Å². The van der Waals surface area contributed by atoms with E-state index in [0.29, 0.717) is 16.8 Å². The first-order chi connectivity index (χ1) is 8.74. The third-order valence-corrected chi connectivity index (χ3v) is 3.43. The van der Waals surface area contributed by atoms with Crippen molar-refractivity contribution in [2.45, 2.75) is 38.3 Å². The monoisotopic (exact) mass is 270 g/mol. The van der Waals surface area contributed by atoms with Crippen LogP contribution in [-0.2, 0) is 4.74 Å². The van der Waals surface area contributed by atoms with E-state index in [9.17, 15) is 0 Å². The van der Waals surface area contributed by atoms with Gasteiger partial charge in [-0.15, -0.1) is 0 Å². The summed E-state index contributed by atoms with van der Waals surface area (Å²) in [7, 11) is 1.79. The normalized spacial score (nSPS) is 20.7. The molecule has 0 bridgehead atoms. The van der Waals surface area contributed by atoms with Crippen LogP contribution in [0.15, 0.2) is 6.20 Å². The molecule has 1 fully saturated rings. The molecule has 0 spiro atoms. The van der Waals surface area contributed by atoms with E-state index in [-0.39, 0.29) is 12.1 Å². The van der Waals surface area contributed by atoms with Crippen molar-refractivity contribution in [2.24, 2.45) is 0 Å². The van der Waals surface area contributed by atoms with Crippen LogP contribution in [0.25, 0.3) is 0 Å². The van der Waals surface area contributed by atoms with Gasteiger partial charge in [0.1, 0.15) is 10.8 Å². The standard InChI is InChI=1S/C12H19ClN4O/c1-3-9(10-5-4-6-18-10)16-12-15-7-8(13)11(14-2)17-12/h7,9-10H,3-6H2,1-2H3,(H2,14,15,16,17). The molecule has 1 aromatic heterocycles. The Hall–Kier alpha value is -1.07. The second-order valence-electron chi connectivity index (χ2n) is 4.35. The van der Waals surface area contributed by atoms with E-state index >= 15 is 0 Å². The van der Waals surface area contributed by atoms with Crippen LogP contribution in [0.2, 0.25) is 5.02 Å². The highest BCUT2D eigenvalue weighted by Crippen LogP contribution is 2.22. The number of halogens is 1. The third kappa shape index (κ3) is 3.03. The van der Waals surface area contributed by atoms with Gasteiger partial charge >= 0.3 is 0 Å². The lowest BCUT2D eigenvalue weighted by Crippen LogP contribution is -2.33. The van der Waals surface area contributed by atoms with Crippen LogP contribution in [0.1, 0.15) is 26.2 Å². The minimum absolute atomic E-state index is 0.249. The molecule has 2 rings (SSSR count). The van der Waals surface area contributed by atoms with E-state index < -0.39 is 0 Å². The van der Waals surface area contributed by atoms with Crippen molar-refractivity contribution < 1.29 is 4.74 Å². The first kappa shape index (κ1) is 13.4. The molecule has 6 heteroatoms. The maximum Gasteiger partial charge on any atom is 0.225 e. The Bertz CT molecular complexity index is 396. The lowest BCUT2D eigenvalue weighted by Gasteiger charge is -2.23. The summed E-state index contributed by atoms with van der Waals surface area (Å²) in [5.74, 6) is 1.22. The van der Waals surface area contributed by atoms with E-state index in [0.717, 1.165) is 25.9 Å². The molecular weight excluding hydrogens is 252 g/mol. The van der Waals surface area contributed by atoms with Gasteiger partial charge in [-0.2, -0.15) is 4.98 Å². The molecule has 2 heterocycles. The number of ether oxygens (including phenoxy) is 1. The molecule has 18 heavy (non-hydrogen) atoms. The minimum atomic E-state index is 0.249. The molecule has 5 nitrogen and oxygen atoms in total. The van der Waals surface area contributed by atoms with Gasteiger partial charge in [-0.3, -0.25) is 0 Å². The van der Waals surface area contributed by atoms with E-state index in [2.05, 4.69) is 27.5 Å². The lowest BCUT2D eigenvalue weighted by atomic mass is 10.1. The molecule has 1 aliphatic heterocycles. The van der Waals surface area contributed by atoms with Gasteiger partial charge in [-0.05, 0) is 19.3 Å². The number of anilines is 2. The van der Waals surface area contributed by atoms with Crippen molar-refractivity contribution in [2.75, 3.05) is 24.3 Å². The molecular formula is C12H19ClN4O. The van der Waals surface area contributed by atoms with Gasteiger partial charge in [0.15, 0.2) is 0 Å². The summed E-state index contributed by atoms with van der Waals surface area (Å²) < 4.78 is 5.70. The molecule has 1 aromatic rings. The summed E-state index contributed by atoms with van der Waals surface area (Å²) in [5, 5.41) is 6.79. The highest BCUT2D eigenvalue weighted by Gasteiger charge is 2.25. The van der Waals surface area contributed by atoms with Crippen molar-refractivity contribution >= 4 is 23.4 Å². The quantitative estimate of drug-likeness (QED) is 0.861. The fraction of sp³-hybridized carbons (Fsp3) is 0.667. The Balaban J connectivity index is 2.06. The predicted molar refractivity (Wildman–Crippen MR) is 73.3 cm³/mol. The van der Waals surface area contributed by atoms with Gasteiger partial charge < -0.3 is 15.4 Å². The number of aromatic nitrogens is 2. The maximum absolute atomic E-state index is 5.95. The molecule has 0 aliphatic carbocycles. The van der Waals surface area contributed by atoms with Crippen LogP contribution in [0.5, 0.6) is 0 Å². The second-order valence-corrected chi connectivity index (χ2v) is 4.76. The average Bonchev–Trinajstić information content (AvgIpc) is 2.91. The smallest absolute Gasteiger partial charge is 0.225 e. The van der Waals surface area contributed by atoms with Crippen LogP contribution in [-0.4, -0.2) is 35.8 Å². The molecule has 0 aromatic carbocycles. The molecule has 2 unspecified atom stereocenters. The predicted octanol–water partition coefficient (Wildman–Crippen LogP) is 2.54. The van der Waals surface area contributed by atoms with Gasteiger partial charge in [0, 0.05) is 13.7 Å². The van der Waals surface area contributed by atoms with E-state index in [1.54, 1.807) is 13.2 Å². The summed E-state index contributed by atoms with van der Waals surface area (Å²) >= 11 is 5.95. The number of hydrogen-bond acceptors (Lipinski definition) is 5. The fourth-order valence-electron chi connectivity index (χ4n) is 2.16. The van der Waals surface area contributed by atoms with Gasteiger partial charge in [0.2, 0.25) is 5.95 Å². The van der Waals surface area contributed by atoms with Crippen molar-refractivity contribution in [3.05, 3.63) is 11.2 Å². The van der Waals surface area contributed by atoms with Crippen LogP contribution >= 0.6 is 11.6 Å². The number of nitrogens with zero attached hydrogens (tertiary/aromatic N) is 2. The summed E-state index contributed by atoms with van der Waals surface area (Å²) in [4.78, 5) is 8.53. The molecule has 1 saturated heterocycles.